The number of amides is 2. The van der Waals surface area contributed by atoms with E-state index in [1.54, 1.807) is 23.2 Å². The highest BCUT2D eigenvalue weighted by molar-refractivity contribution is 7.09. The minimum atomic E-state index is -0.514. The molecule has 130 valence electrons. The van der Waals surface area contributed by atoms with Gasteiger partial charge in [0.05, 0.1) is 25.3 Å². The first-order chi connectivity index (χ1) is 12.0. The third kappa shape index (κ3) is 3.44. The van der Waals surface area contributed by atoms with E-state index in [1.165, 1.54) is 7.11 Å². The zero-order valence-electron chi connectivity index (χ0n) is 14.4. The molecular weight excluding hydrogens is 336 g/mol. The van der Waals surface area contributed by atoms with Gasteiger partial charge in [0.1, 0.15) is 0 Å². The molecule has 1 aliphatic rings. The molecule has 0 spiro atoms. The van der Waals surface area contributed by atoms with Crippen LogP contribution in [0.15, 0.2) is 53.0 Å². The van der Waals surface area contributed by atoms with E-state index in [9.17, 15) is 9.59 Å². The minimum Gasteiger partial charge on any atom is -0.466 e. The Hall–Kier alpha value is -2.60. The van der Waals surface area contributed by atoms with Gasteiger partial charge in [-0.25, -0.2) is 9.59 Å². The molecule has 1 aromatic carbocycles. The van der Waals surface area contributed by atoms with Crippen molar-refractivity contribution in [1.82, 2.24) is 10.2 Å². The lowest BCUT2D eigenvalue weighted by Crippen LogP contribution is -2.47. The van der Waals surface area contributed by atoms with E-state index in [0.29, 0.717) is 17.8 Å². The van der Waals surface area contributed by atoms with E-state index < -0.39 is 12.0 Å². The highest BCUT2D eigenvalue weighted by Gasteiger charge is 2.36. The molecule has 2 aromatic rings. The average molecular weight is 356 g/mol. The number of ether oxygens (including phenoxy) is 1. The Morgan fingerprint density at radius 2 is 1.96 bits per heavy atom. The number of esters is 1. The summed E-state index contributed by atoms with van der Waals surface area (Å²) in [6.45, 7) is 4.21. The molecule has 0 saturated heterocycles. The lowest BCUT2D eigenvalue weighted by molar-refractivity contribution is -0.136. The summed E-state index contributed by atoms with van der Waals surface area (Å²) in [6, 6.07) is 10.9. The van der Waals surface area contributed by atoms with Gasteiger partial charge < -0.3 is 10.1 Å². The van der Waals surface area contributed by atoms with Gasteiger partial charge in [-0.3, -0.25) is 4.90 Å². The molecule has 1 aliphatic heterocycles. The maximum atomic E-state index is 12.7. The molecule has 1 aromatic heterocycles. The van der Waals surface area contributed by atoms with Crippen LogP contribution in [-0.2, 0) is 16.1 Å². The van der Waals surface area contributed by atoms with Gasteiger partial charge in [-0.1, -0.05) is 35.9 Å². The fourth-order valence-electron chi connectivity index (χ4n) is 2.91. The van der Waals surface area contributed by atoms with E-state index >= 15 is 0 Å². The largest absolute Gasteiger partial charge is 0.466 e. The molecule has 1 N–H and O–H groups in total. The lowest BCUT2D eigenvalue weighted by Gasteiger charge is -2.35. The van der Waals surface area contributed by atoms with Gasteiger partial charge in [0, 0.05) is 10.6 Å². The third-order valence-corrected chi connectivity index (χ3v) is 5.17. The van der Waals surface area contributed by atoms with Gasteiger partial charge >= 0.3 is 12.0 Å². The van der Waals surface area contributed by atoms with E-state index in [0.717, 1.165) is 16.0 Å². The smallest absolute Gasteiger partial charge is 0.337 e. The van der Waals surface area contributed by atoms with Crippen molar-refractivity contribution in [3.8, 4) is 0 Å². The number of carbonyl (C=O) groups is 2. The molecule has 0 bridgehead atoms. The summed E-state index contributed by atoms with van der Waals surface area (Å²) in [5.74, 6) is -0.431. The first kappa shape index (κ1) is 17.2. The van der Waals surface area contributed by atoms with Gasteiger partial charge in [0.25, 0.3) is 0 Å². The third-order valence-electron chi connectivity index (χ3n) is 4.31. The number of urea groups is 1. The molecule has 1 atom stereocenters. The Kier molecular flexibility index (Phi) is 4.90. The van der Waals surface area contributed by atoms with Gasteiger partial charge in [0.15, 0.2) is 0 Å². The second-order valence-electron chi connectivity index (χ2n) is 5.95. The highest BCUT2D eigenvalue weighted by Crippen LogP contribution is 2.32. The molecule has 2 heterocycles. The number of nitrogens with zero attached hydrogens (tertiary/aromatic N) is 1. The zero-order valence-corrected chi connectivity index (χ0v) is 15.2. The lowest BCUT2D eigenvalue weighted by atomic mass is 9.94. The topological polar surface area (TPSA) is 58.6 Å². The Morgan fingerprint density at radius 1 is 1.24 bits per heavy atom. The van der Waals surface area contributed by atoms with Gasteiger partial charge in [0.2, 0.25) is 0 Å². The number of carbonyl (C=O) groups excluding carboxylic acids is 2. The quantitative estimate of drug-likeness (QED) is 0.849. The maximum Gasteiger partial charge on any atom is 0.337 e. The van der Waals surface area contributed by atoms with Crippen LogP contribution in [0.3, 0.4) is 0 Å². The van der Waals surface area contributed by atoms with E-state index in [2.05, 4.69) is 5.32 Å². The van der Waals surface area contributed by atoms with Crippen LogP contribution >= 0.6 is 11.3 Å². The van der Waals surface area contributed by atoms with Crippen LogP contribution in [0.1, 0.15) is 29.0 Å². The second kappa shape index (κ2) is 7.11. The van der Waals surface area contributed by atoms with Crippen molar-refractivity contribution in [3.63, 3.8) is 0 Å². The first-order valence-corrected chi connectivity index (χ1v) is 8.85. The molecule has 0 aliphatic carbocycles. The van der Waals surface area contributed by atoms with Crippen molar-refractivity contribution < 1.29 is 14.3 Å². The van der Waals surface area contributed by atoms with Gasteiger partial charge in [-0.2, -0.15) is 0 Å². The van der Waals surface area contributed by atoms with E-state index in [4.69, 9.17) is 4.74 Å². The predicted molar refractivity (Wildman–Crippen MR) is 97.0 cm³/mol. The predicted octanol–water partition coefficient (Wildman–Crippen LogP) is 3.77. The number of nitrogens with one attached hydrogen (secondary N) is 1. The standard InChI is InChI=1S/C19H20N2O3S/c1-12-6-8-14(9-7-12)17-16(18(22)24-3)13(2)21(19(23)20-17)11-15-5-4-10-25-15/h4-10,17H,11H2,1-3H3,(H,20,23)/t17-/m1/s1. The number of aryl methyl sites for hydroxylation is 1. The van der Waals surface area contributed by atoms with E-state index in [-0.39, 0.29) is 6.03 Å². The van der Waals surface area contributed by atoms with Crippen LogP contribution in [0, 0.1) is 6.92 Å². The zero-order chi connectivity index (χ0) is 18.0. The summed E-state index contributed by atoms with van der Waals surface area (Å²) in [5.41, 5.74) is 3.05. The Morgan fingerprint density at radius 3 is 2.56 bits per heavy atom. The molecular formula is C19H20N2O3S. The summed E-state index contributed by atoms with van der Waals surface area (Å²) < 4.78 is 4.98. The number of hydrogen-bond donors (Lipinski definition) is 1. The second-order valence-corrected chi connectivity index (χ2v) is 6.98. The molecule has 0 radical (unpaired) electrons. The highest BCUT2D eigenvalue weighted by atomic mass is 32.1. The minimum absolute atomic E-state index is 0.218. The molecule has 25 heavy (non-hydrogen) atoms. The fraction of sp³-hybridized carbons (Fsp3) is 0.263. The molecule has 2 amide bonds. The number of allylic oxidation sites excluding steroid dienone is 1. The maximum absolute atomic E-state index is 12.7. The monoisotopic (exact) mass is 356 g/mol. The first-order valence-electron chi connectivity index (χ1n) is 7.97. The molecule has 0 saturated carbocycles. The summed E-state index contributed by atoms with van der Waals surface area (Å²) in [6.07, 6.45) is 0. The molecule has 6 heteroatoms. The van der Waals surface area contributed by atoms with Crippen molar-refractivity contribution in [2.24, 2.45) is 0 Å². The SMILES string of the molecule is COC(=O)C1=C(C)N(Cc2cccs2)C(=O)N[C@@H]1c1ccc(C)cc1. The Labute approximate surface area is 150 Å². The summed E-state index contributed by atoms with van der Waals surface area (Å²) in [7, 11) is 1.36. The van der Waals surface area contributed by atoms with Crippen LogP contribution < -0.4 is 5.32 Å². The van der Waals surface area contributed by atoms with E-state index in [1.807, 2.05) is 48.7 Å². The normalized spacial score (nSPS) is 17.5. The average Bonchev–Trinajstić information content (AvgIpc) is 3.11. The number of benzene rings is 1. The van der Waals surface area contributed by atoms with Crippen LogP contribution in [0.2, 0.25) is 0 Å². The van der Waals surface area contributed by atoms with Crippen LogP contribution in [0.5, 0.6) is 0 Å². The van der Waals surface area contributed by atoms with Crippen LogP contribution in [0.25, 0.3) is 0 Å². The number of rotatable bonds is 4. The number of thiophene rings is 1. The molecule has 0 unspecified atom stereocenters. The van der Waals surface area contributed by atoms with Crippen molar-refractivity contribution >= 4 is 23.3 Å². The van der Waals surface area contributed by atoms with Crippen molar-refractivity contribution in [3.05, 3.63) is 69.1 Å². The van der Waals surface area contributed by atoms with Gasteiger partial charge in [-0.15, -0.1) is 11.3 Å². The van der Waals surface area contributed by atoms with Crippen LogP contribution in [0.4, 0.5) is 4.79 Å². The van der Waals surface area contributed by atoms with Crippen molar-refractivity contribution in [2.45, 2.75) is 26.4 Å². The molecule has 0 fully saturated rings. The van der Waals surface area contributed by atoms with Crippen molar-refractivity contribution in [2.75, 3.05) is 7.11 Å². The fourth-order valence-corrected chi connectivity index (χ4v) is 3.61. The number of hydrogen-bond acceptors (Lipinski definition) is 4. The molecule has 3 rings (SSSR count). The summed E-state index contributed by atoms with van der Waals surface area (Å²) >= 11 is 1.57. The van der Waals surface area contributed by atoms with Crippen molar-refractivity contribution in [1.29, 1.82) is 0 Å². The summed E-state index contributed by atoms with van der Waals surface area (Å²) in [4.78, 5) is 27.7. The van der Waals surface area contributed by atoms with Crippen LogP contribution in [-0.4, -0.2) is 24.0 Å². The Balaban J connectivity index is 2.02. The Bertz CT molecular complexity index is 810. The molecule has 5 nitrogen and oxygen atoms in total. The number of methoxy groups -OCH3 is 1. The van der Waals surface area contributed by atoms with Gasteiger partial charge in [-0.05, 0) is 30.9 Å². The summed E-state index contributed by atoms with van der Waals surface area (Å²) in [5, 5.41) is 4.91.